The SMILES string of the molecule is C[C@H](OC(=O)c1ccc(S(C)(=O)=O)c([N+](=O)[O-])c1)C(=O)Nc1cc(Cl)c(Cl)cc1Cl. The predicted octanol–water partition coefficient (Wildman–Crippen LogP) is 4.14. The van der Waals surface area contributed by atoms with Crippen molar-refractivity contribution in [2.45, 2.75) is 17.9 Å². The molecule has 0 aliphatic carbocycles. The predicted molar refractivity (Wildman–Crippen MR) is 111 cm³/mol. The Hall–Kier alpha value is -2.40. The molecule has 0 aromatic heterocycles. The van der Waals surface area contributed by atoms with Crippen LogP contribution in [0.5, 0.6) is 0 Å². The second kappa shape index (κ2) is 9.17. The Morgan fingerprint density at radius 2 is 1.70 bits per heavy atom. The molecule has 13 heteroatoms. The van der Waals surface area contributed by atoms with Gasteiger partial charge in [0.05, 0.1) is 31.2 Å². The van der Waals surface area contributed by atoms with Gasteiger partial charge >= 0.3 is 5.97 Å². The highest BCUT2D eigenvalue weighted by Crippen LogP contribution is 2.32. The summed E-state index contributed by atoms with van der Waals surface area (Å²) >= 11 is 17.7. The summed E-state index contributed by atoms with van der Waals surface area (Å²) in [6.07, 6.45) is -0.523. The quantitative estimate of drug-likeness (QED) is 0.275. The van der Waals surface area contributed by atoms with Crippen molar-refractivity contribution in [1.82, 2.24) is 0 Å². The summed E-state index contributed by atoms with van der Waals surface area (Å²) in [5, 5.41) is 14.0. The molecule has 0 heterocycles. The van der Waals surface area contributed by atoms with Crippen molar-refractivity contribution in [3.05, 3.63) is 61.1 Å². The lowest BCUT2D eigenvalue weighted by Crippen LogP contribution is -2.30. The fourth-order valence-corrected chi connectivity index (χ4v) is 3.66. The molecule has 1 amide bonds. The van der Waals surface area contributed by atoms with Crippen molar-refractivity contribution in [3.8, 4) is 0 Å². The Balaban J connectivity index is 2.19. The number of halogens is 3. The molecule has 2 aromatic rings. The molecule has 0 aliphatic rings. The number of esters is 1. The molecule has 2 aromatic carbocycles. The van der Waals surface area contributed by atoms with E-state index in [0.29, 0.717) is 0 Å². The molecule has 0 saturated heterocycles. The highest BCUT2D eigenvalue weighted by Gasteiger charge is 2.26. The number of hydrogen-bond donors (Lipinski definition) is 1. The lowest BCUT2D eigenvalue weighted by Gasteiger charge is -2.15. The van der Waals surface area contributed by atoms with Crippen molar-refractivity contribution in [2.24, 2.45) is 0 Å². The van der Waals surface area contributed by atoms with Gasteiger partial charge in [0.1, 0.15) is 4.90 Å². The van der Waals surface area contributed by atoms with Crippen LogP contribution in [-0.4, -0.2) is 37.6 Å². The van der Waals surface area contributed by atoms with E-state index < -0.39 is 43.3 Å². The molecule has 9 nitrogen and oxygen atoms in total. The number of nitro benzene ring substituents is 1. The first-order chi connectivity index (χ1) is 13.8. The van der Waals surface area contributed by atoms with Gasteiger partial charge in [0.25, 0.3) is 11.6 Å². The number of sulfone groups is 1. The molecule has 0 aliphatic heterocycles. The first-order valence-electron chi connectivity index (χ1n) is 7.96. The zero-order chi connectivity index (χ0) is 22.8. The average Bonchev–Trinajstić information content (AvgIpc) is 2.64. The van der Waals surface area contributed by atoms with E-state index in [4.69, 9.17) is 39.5 Å². The number of ether oxygens (including phenoxy) is 1. The standard InChI is InChI=1S/C17H13Cl3N2O7S/c1-8(16(23)21-13-7-11(19)10(18)6-12(13)20)29-17(24)9-3-4-15(30(2,27)28)14(5-9)22(25)26/h3-8H,1-2H3,(H,21,23)/t8-/m0/s1. The minimum Gasteiger partial charge on any atom is -0.449 e. The Morgan fingerprint density at radius 1 is 1.10 bits per heavy atom. The van der Waals surface area contributed by atoms with Gasteiger partial charge < -0.3 is 10.1 Å². The highest BCUT2D eigenvalue weighted by atomic mass is 35.5. The van der Waals surface area contributed by atoms with Crippen LogP contribution in [0.3, 0.4) is 0 Å². The number of amides is 1. The first kappa shape index (κ1) is 23.9. The second-order valence-electron chi connectivity index (χ2n) is 5.99. The van der Waals surface area contributed by atoms with Crippen LogP contribution in [0.2, 0.25) is 15.1 Å². The third-order valence-electron chi connectivity index (χ3n) is 3.71. The fraction of sp³-hybridized carbons (Fsp3) is 0.176. The number of carbonyl (C=O) groups is 2. The summed E-state index contributed by atoms with van der Waals surface area (Å²) < 4.78 is 28.3. The topological polar surface area (TPSA) is 133 Å². The monoisotopic (exact) mass is 494 g/mol. The van der Waals surface area contributed by atoms with E-state index in [1.54, 1.807) is 0 Å². The smallest absolute Gasteiger partial charge is 0.339 e. The van der Waals surface area contributed by atoms with E-state index in [1.807, 2.05) is 0 Å². The Bertz CT molecular complexity index is 1150. The number of nitrogens with one attached hydrogen (secondary N) is 1. The minimum atomic E-state index is -3.89. The summed E-state index contributed by atoms with van der Waals surface area (Å²) in [6, 6.07) is 5.36. The molecule has 160 valence electrons. The van der Waals surface area contributed by atoms with E-state index in [9.17, 15) is 28.1 Å². The highest BCUT2D eigenvalue weighted by molar-refractivity contribution is 7.90. The van der Waals surface area contributed by atoms with Gasteiger partial charge in [0.15, 0.2) is 15.9 Å². The van der Waals surface area contributed by atoms with Crippen LogP contribution >= 0.6 is 34.8 Å². The van der Waals surface area contributed by atoms with Crippen molar-refractivity contribution >= 4 is 67.9 Å². The van der Waals surface area contributed by atoms with Crippen molar-refractivity contribution < 1.29 is 27.7 Å². The van der Waals surface area contributed by atoms with Crippen LogP contribution in [-0.2, 0) is 19.4 Å². The second-order valence-corrected chi connectivity index (χ2v) is 9.20. The van der Waals surface area contributed by atoms with E-state index in [-0.39, 0.29) is 26.3 Å². The Labute approximate surface area is 185 Å². The van der Waals surface area contributed by atoms with Crippen molar-refractivity contribution in [3.63, 3.8) is 0 Å². The van der Waals surface area contributed by atoms with E-state index >= 15 is 0 Å². The van der Waals surface area contributed by atoms with Crippen LogP contribution in [0.25, 0.3) is 0 Å². The van der Waals surface area contributed by atoms with Gasteiger partial charge in [-0.1, -0.05) is 34.8 Å². The minimum absolute atomic E-state index is 0.100. The third-order valence-corrected chi connectivity index (χ3v) is 5.89. The number of nitro groups is 1. The van der Waals surface area contributed by atoms with Crippen LogP contribution in [0, 0.1) is 10.1 Å². The number of nitrogens with zero attached hydrogens (tertiary/aromatic N) is 1. The number of rotatable bonds is 6. The molecular weight excluding hydrogens is 483 g/mol. The van der Waals surface area contributed by atoms with E-state index in [0.717, 1.165) is 24.5 Å². The number of carbonyl (C=O) groups excluding carboxylic acids is 2. The van der Waals surface area contributed by atoms with Crippen molar-refractivity contribution in [1.29, 1.82) is 0 Å². The maximum Gasteiger partial charge on any atom is 0.339 e. The summed E-state index contributed by atoms with van der Waals surface area (Å²) in [5.74, 6) is -1.83. The average molecular weight is 496 g/mol. The molecule has 2 rings (SSSR count). The molecule has 0 bridgehead atoms. The molecule has 0 unspecified atom stereocenters. The van der Waals surface area contributed by atoms with Gasteiger partial charge in [-0.3, -0.25) is 14.9 Å². The normalized spacial score (nSPS) is 12.2. The molecule has 1 atom stereocenters. The molecule has 0 fully saturated rings. The summed E-state index contributed by atoms with van der Waals surface area (Å²) in [5.41, 5.74) is -0.958. The maximum absolute atomic E-state index is 12.3. The molecule has 0 spiro atoms. The van der Waals surface area contributed by atoms with E-state index in [1.165, 1.54) is 19.1 Å². The van der Waals surface area contributed by atoms with Gasteiger partial charge in [-0.25, -0.2) is 13.2 Å². The van der Waals surface area contributed by atoms with Crippen LogP contribution in [0.4, 0.5) is 11.4 Å². The summed E-state index contributed by atoms with van der Waals surface area (Å²) in [7, 11) is -3.89. The van der Waals surface area contributed by atoms with Gasteiger partial charge in [-0.05, 0) is 31.2 Å². The lowest BCUT2D eigenvalue weighted by molar-refractivity contribution is -0.387. The molecule has 1 N–H and O–H groups in total. The number of anilines is 1. The molecule has 0 saturated carbocycles. The van der Waals surface area contributed by atoms with Crippen LogP contribution in [0.1, 0.15) is 17.3 Å². The lowest BCUT2D eigenvalue weighted by atomic mass is 10.2. The summed E-state index contributed by atoms with van der Waals surface area (Å²) in [6.45, 7) is 1.26. The zero-order valence-corrected chi connectivity index (χ0v) is 18.4. The molecule has 30 heavy (non-hydrogen) atoms. The van der Waals surface area contributed by atoms with Crippen LogP contribution < -0.4 is 5.32 Å². The summed E-state index contributed by atoms with van der Waals surface area (Å²) in [4.78, 5) is 34.2. The Morgan fingerprint density at radius 3 is 2.27 bits per heavy atom. The van der Waals surface area contributed by atoms with Gasteiger partial charge in [-0.15, -0.1) is 0 Å². The largest absolute Gasteiger partial charge is 0.449 e. The van der Waals surface area contributed by atoms with Gasteiger partial charge in [-0.2, -0.15) is 0 Å². The Kier molecular flexibility index (Phi) is 7.30. The number of hydrogen-bond acceptors (Lipinski definition) is 7. The fourth-order valence-electron chi connectivity index (χ4n) is 2.24. The molecular formula is C17H13Cl3N2O7S. The third kappa shape index (κ3) is 5.60. The zero-order valence-electron chi connectivity index (χ0n) is 15.3. The van der Waals surface area contributed by atoms with Crippen LogP contribution in [0.15, 0.2) is 35.2 Å². The number of benzene rings is 2. The molecule has 0 radical (unpaired) electrons. The first-order valence-corrected chi connectivity index (χ1v) is 11.0. The van der Waals surface area contributed by atoms with E-state index in [2.05, 4.69) is 5.32 Å². The van der Waals surface area contributed by atoms with Gasteiger partial charge in [0.2, 0.25) is 0 Å². The van der Waals surface area contributed by atoms with Gasteiger partial charge in [0, 0.05) is 12.3 Å². The van der Waals surface area contributed by atoms with Crippen molar-refractivity contribution in [2.75, 3.05) is 11.6 Å². The maximum atomic E-state index is 12.3.